The minimum Gasteiger partial charge on any atom is -0.471 e. The molecule has 3 aromatic rings. The van der Waals surface area contributed by atoms with E-state index < -0.39 is 0 Å². The molecule has 1 fully saturated rings. The first-order valence-corrected chi connectivity index (χ1v) is 8.85. The number of hydrogen-bond acceptors (Lipinski definition) is 6. The van der Waals surface area contributed by atoms with Crippen LogP contribution in [0.25, 0.3) is 10.9 Å². The van der Waals surface area contributed by atoms with Crippen LogP contribution in [-0.4, -0.2) is 49.5 Å². The molecule has 0 aliphatic carbocycles. The third-order valence-corrected chi connectivity index (χ3v) is 4.59. The van der Waals surface area contributed by atoms with Gasteiger partial charge in [0.2, 0.25) is 11.8 Å². The summed E-state index contributed by atoms with van der Waals surface area (Å²) in [6.45, 7) is 1.08. The zero-order valence-electron chi connectivity index (χ0n) is 14.7. The first-order chi connectivity index (χ1) is 13.2. The maximum absolute atomic E-state index is 12.7. The normalized spacial score (nSPS) is 17.0. The van der Waals surface area contributed by atoms with Crippen LogP contribution >= 0.6 is 0 Å². The number of fused-ring (bicyclic) bond motifs is 1. The predicted octanol–water partition coefficient (Wildman–Crippen LogP) is 1.26. The molecule has 2 aromatic heterocycles. The molecule has 0 bridgehead atoms. The number of carbonyl (C=O) groups excluding carboxylic acids is 1. The second-order valence-corrected chi connectivity index (χ2v) is 6.46. The lowest BCUT2D eigenvalue weighted by Crippen LogP contribution is -2.46. The number of para-hydroxylation sites is 1. The van der Waals surface area contributed by atoms with Crippen LogP contribution in [0.4, 0.5) is 0 Å². The zero-order chi connectivity index (χ0) is 18.6. The van der Waals surface area contributed by atoms with E-state index in [1.807, 2.05) is 6.07 Å². The van der Waals surface area contributed by atoms with Crippen LogP contribution in [0, 0.1) is 0 Å². The van der Waals surface area contributed by atoms with E-state index in [4.69, 9.17) is 4.74 Å². The molecule has 0 unspecified atom stereocenters. The van der Waals surface area contributed by atoms with E-state index >= 15 is 0 Å². The Balaban J connectivity index is 1.45. The third kappa shape index (κ3) is 3.79. The van der Waals surface area contributed by atoms with Crippen molar-refractivity contribution in [2.75, 3.05) is 13.1 Å². The van der Waals surface area contributed by atoms with Gasteiger partial charge in [-0.1, -0.05) is 12.1 Å². The van der Waals surface area contributed by atoms with Gasteiger partial charge in [0.05, 0.1) is 30.0 Å². The van der Waals surface area contributed by atoms with Crippen molar-refractivity contribution in [1.82, 2.24) is 24.4 Å². The Morgan fingerprint density at radius 2 is 2.11 bits per heavy atom. The lowest BCUT2D eigenvalue weighted by Gasteiger charge is -2.32. The van der Waals surface area contributed by atoms with Gasteiger partial charge in [-0.25, -0.2) is 9.97 Å². The molecule has 27 heavy (non-hydrogen) atoms. The Morgan fingerprint density at radius 1 is 1.22 bits per heavy atom. The molecule has 0 N–H and O–H groups in total. The molecule has 0 spiro atoms. The van der Waals surface area contributed by atoms with Crippen LogP contribution in [0.2, 0.25) is 0 Å². The summed E-state index contributed by atoms with van der Waals surface area (Å²) in [5, 5.41) is 0.510. The number of rotatable bonds is 4. The first kappa shape index (κ1) is 17.1. The minimum absolute atomic E-state index is 0.0332. The summed E-state index contributed by atoms with van der Waals surface area (Å²) in [6, 6.07) is 7.12. The largest absolute Gasteiger partial charge is 0.471 e. The van der Waals surface area contributed by atoms with Gasteiger partial charge in [0.1, 0.15) is 12.6 Å². The van der Waals surface area contributed by atoms with E-state index in [0.29, 0.717) is 29.9 Å². The van der Waals surface area contributed by atoms with Crippen LogP contribution in [-0.2, 0) is 11.3 Å². The van der Waals surface area contributed by atoms with E-state index in [2.05, 4.69) is 15.0 Å². The van der Waals surface area contributed by atoms with Crippen molar-refractivity contribution in [3.63, 3.8) is 0 Å². The molecule has 1 aliphatic rings. The number of piperidine rings is 1. The number of amides is 1. The Morgan fingerprint density at radius 3 is 2.96 bits per heavy atom. The van der Waals surface area contributed by atoms with Crippen LogP contribution in [0.3, 0.4) is 0 Å². The summed E-state index contributed by atoms with van der Waals surface area (Å²) in [4.78, 5) is 39.4. The molecule has 138 valence electrons. The first-order valence-electron chi connectivity index (χ1n) is 8.85. The Labute approximate surface area is 155 Å². The standard InChI is InChI=1S/C19H19N5O3/c25-18(12-24-13-22-16-6-2-1-5-15(16)19(24)26)23-9-3-4-14(11-23)27-17-10-20-7-8-21-17/h1-2,5-8,10,13-14H,3-4,9,11-12H2/t14-/m0/s1. The molecule has 1 saturated heterocycles. The molecular weight excluding hydrogens is 346 g/mol. The van der Waals surface area contributed by atoms with E-state index in [1.54, 1.807) is 41.7 Å². The van der Waals surface area contributed by atoms with Gasteiger partial charge >= 0.3 is 0 Å². The number of nitrogens with zero attached hydrogens (tertiary/aromatic N) is 5. The number of likely N-dealkylation sites (tertiary alicyclic amines) is 1. The average Bonchev–Trinajstić information content (AvgIpc) is 2.71. The van der Waals surface area contributed by atoms with Gasteiger partial charge in [0.25, 0.3) is 5.56 Å². The second-order valence-electron chi connectivity index (χ2n) is 6.46. The van der Waals surface area contributed by atoms with Crippen molar-refractivity contribution >= 4 is 16.8 Å². The Hall–Kier alpha value is -3.29. The lowest BCUT2D eigenvalue weighted by atomic mass is 10.1. The molecule has 0 saturated carbocycles. The fourth-order valence-electron chi connectivity index (χ4n) is 3.24. The van der Waals surface area contributed by atoms with E-state index in [1.165, 1.54) is 10.9 Å². The molecule has 1 aliphatic heterocycles. The molecule has 1 atom stereocenters. The molecule has 1 amide bonds. The monoisotopic (exact) mass is 365 g/mol. The van der Waals surface area contributed by atoms with Gasteiger partial charge < -0.3 is 9.64 Å². The molecule has 8 nitrogen and oxygen atoms in total. The van der Waals surface area contributed by atoms with Gasteiger partial charge in [-0.15, -0.1) is 0 Å². The summed E-state index contributed by atoms with van der Waals surface area (Å²) >= 11 is 0. The summed E-state index contributed by atoms with van der Waals surface area (Å²) in [5.41, 5.74) is 0.417. The molecule has 4 rings (SSSR count). The molecule has 1 aromatic carbocycles. The summed E-state index contributed by atoms with van der Waals surface area (Å²) < 4.78 is 7.18. The van der Waals surface area contributed by atoms with Crippen molar-refractivity contribution in [3.05, 3.63) is 59.5 Å². The van der Waals surface area contributed by atoms with Crippen molar-refractivity contribution in [2.24, 2.45) is 0 Å². The lowest BCUT2D eigenvalue weighted by molar-refractivity contribution is -0.134. The molecule has 3 heterocycles. The Kier molecular flexibility index (Phi) is 4.78. The minimum atomic E-state index is -0.210. The summed E-state index contributed by atoms with van der Waals surface area (Å²) in [7, 11) is 0. The topological polar surface area (TPSA) is 90.2 Å². The van der Waals surface area contributed by atoms with Crippen molar-refractivity contribution < 1.29 is 9.53 Å². The smallest absolute Gasteiger partial charge is 0.261 e. The van der Waals surface area contributed by atoms with Crippen molar-refractivity contribution in [3.8, 4) is 5.88 Å². The highest BCUT2D eigenvalue weighted by atomic mass is 16.5. The van der Waals surface area contributed by atoms with Crippen LogP contribution in [0.15, 0.2) is 54.0 Å². The number of carbonyl (C=O) groups is 1. The van der Waals surface area contributed by atoms with Gasteiger partial charge in [0, 0.05) is 18.9 Å². The quantitative estimate of drug-likeness (QED) is 0.691. The van der Waals surface area contributed by atoms with E-state index in [0.717, 1.165) is 12.8 Å². The zero-order valence-corrected chi connectivity index (χ0v) is 14.7. The maximum Gasteiger partial charge on any atom is 0.261 e. The fourth-order valence-corrected chi connectivity index (χ4v) is 3.24. The van der Waals surface area contributed by atoms with Crippen LogP contribution in [0.5, 0.6) is 5.88 Å². The van der Waals surface area contributed by atoms with Crippen LogP contribution < -0.4 is 10.3 Å². The molecule has 8 heteroatoms. The molecular formula is C19H19N5O3. The second kappa shape index (κ2) is 7.53. The van der Waals surface area contributed by atoms with Gasteiger partial charge in [-0.05, 0) is 25.0 Å². The highest BCUT2D eigenvalue weighted by Crippen LogP contribution is 2.16. The Bertz CT molecular complexity index is 1000. The van der Waals surface area contributed by atoms with Gasteiger partial charge in [-0.3, -0.25) is 19.1 Å². The van der Waals surface area contributed by atoms with Gasteiger partial charge in [0.15, 0.2) is 0 Å². The number of hydrogen-bond donors (Lipinski definition) is 0. The molecule has 0 radical (unpaired) electrons. The highest BCUT2D eigenvalue weighted by molar-refractivity contribution is 5.79. The maximum atomic E-state index is 12.7. The van der Waals surface area contributed by atoms with E-state index in [9.17, 15) is 9.59 Å². The third-order valence-electron chi connectivity index (χ3n) is 4.59. The van der Waals surface area contributed by atoms with Gasteiger partial charge in [-0.2, -0.15) is 0 Å². The van der Waals surface area contributed by atoms with E-state index in [-0.39, 0.29) is 24.1 Å². The summed E-state index contributed by atoms with van der Waals surface area (Å²) in [6.07, 6.45) is 7.69. The summed E-state index contributed by atoms with van der Waals surface area (Å²) in [5.74, 6) is 0.327. The number of aromatic nitrogens is 4. The van der Waals surface area contributed by atoms with Crippen LogP contribution in [0.1, 0.15) is 12.8 Å². The van der Waals surface area contributed by atoms with Crippen molar-refractivity contribution in [2.45, 2.75) is 25.5 Å². The highest BCUT2D eigenvalue weighted by Gasteiger charge is 2.25. The van der Waals surface area contributed by atoms with Crippen molar-refractivity contribution in [1.29, 1.82) is 0 Å². The fraction of sp³-hybridized carbons (Fsp3) is 0.316. The SMILES string of the molecule is O=C(Cn1cnc2ccccc2c1=O)N1CCC[C@H](Oc2cnccn2)C1. The predicted molar refractivity (Wildman–Crippen MR) is 98.3 cm³/mol. The average molecular weight is 365 g/mol. The number of benzene rings is 1. The number of ether oxygens (including phenoxy) is 1.